The fourth-order valence-electron chi connectivity index (χ4n) is 1.78. The Hall–Kier alpha value is -0.890. The van der Waals surface area contributed by atoms with Gasteiger partial charge in [0.1, 0.15) is 5.67 Å². The lowest BCUT2D eigenvalue weighted by Crippen LogP contribution is -2.10. The summed E-state index contributed by atoms with van der Waals surface area (Å²) in [6.07, 6.45) is 2.88. The third kappa shape index (κ3) is 2.13. The lowest BCUT2D eigenvalue weighted by molar-refractivity contribution is 0.307. The molecule has 0 saturated heterocycles. The molecule has 1 nitrogen and oxygen atoms in total. The van der Waals surface area contributed by atoms with Crippen LogP contribution in [0.4, 0.5) is 4.39 Å². The number of halogens is 1. The second-order valence-electron chi connectivity index (χ2n) is 4.14. The van der Waals surface area contributed by atoms with E-state index in [-0.39, 0.29) is 0 Å². The maximum atomic E-state index is 13.6. The van der Waals surface area contributed by atoms with Crippen LogP contribution in [0.1, 0.15) is 24.0 Å². The fraction of sp³-hybridized carbons (Fsp3) is 0.500. The highest BCUT2D eigenvalue weighted by atomic mass is 19.1. The van der Waals surface area contributed by atoms with Crippen LogP contribution in [-0.4, -0.2) is 12.2 Å². The molecule has 0 bridgehead atoms. The van der Waals surface area contributed by atoms with Gasteiger partial charge in [0, 0.05) is 6.42 Å². The Morgan fingerprint density at radius 3 is 2.43 bits per heavy atom. The van der Waals surface area contributed by atoms with Gasteiger partial charge in [0.2, 0.25) is 0 Å². The zero-order valence-electron chi connectivity index (χ0n) is 8.30. The SMILES string of the molecule is NCCc1ccccc1CC1(F)CC1. The summed E-state index contributed by atoms with van der Waals surface area (Å²) >= 11 is 0. The van der Waals surface area contributed by atoms with E-state index >= 15 is 0 Å². The molecule has 2 N–H and O–H groups in total. The lowest BCUT2D eigenvalue weighted by Gasteiger charge is -2.10. The molecule has 1 fully saturated rings. The van der Waals surface area contributed by atoms with Crippen molar-refractivity contribution < 1.29 is 4.39 Å². The standard InChI is InChI=1S/C12H16FN/c13-12(6-7-12)9-11-4-2-1-3-10(11)5-8-14/h1-4H,5-9,14H2. The van der Waals surface area contributed by atoms with Gasteiger partial charge in [-0.2, -0.15) is 0 Å². The van der Waals surface area contributed by atoms with Crippen molar-refractivity contribution >= 4 is 0 Å². The minimum Gasteiger partial charge on any atom is -0.330 e. The third-order valence-electron chi connectivity index (χ3n) is 2.83. The van der Waals surface area contributed by atoms with Crippen LogP contribution in [0.2, 0.25) is 0 Å². The van der Waals surface area contributed by atoms with Crippen molar-refractivity contribution in [2.75, 3.05) is 6.54 Å². The van der Waals surface area contributed by atoms with Gasteiger partial charge >= 0.3 is 0 Å². The van der Waals surface area contributed by atoms with Crippen molar-refractivity contribution in [3.05, 3.63) is 35.4 Å². The predicted octanol–water partition coefficient (Wildman–Crippen LogP) is 2.23. The average Bonchev–Trinajstić information content (AvgIpc) is 2.88. The molecule has 2 heteroatoms. The van der Waals surface area contributed by atoms with Gasteiger partial charge in [0.15, 0.2) is 0 Å². The van der Waals surface area contributed by atoms with Crippen molar-refractivity contribution in [1.82, 2.24) is 0 Å². The van der Waals surface area contributed by atoms with E-state index < -0.39 is 5.67 Å². The summed E-state index contributed by atoms with van der Waals surface area (Å²) in [7, 11) is 0. The first-order valence-electron chi connectivity index (χ1n) is 5.19. The van der Waals surface area contributed by atoms with Crippen LogP contribution < -0.4 is 5.73 Å². The first-order chi connectivity index (χ1) is 6.73. The van der Waals surface area contributed by atoms with E-state index in [1.54, 1.807) is 0 Å². The van der Waals surface area contributed by atoms with Crippen molar-refractivity contribution in [3.8, 4) is 0 Å². The van der Waals surface area contributed by atoms with Crippen LogP contribution >= 0.6 is 0 Å². The zero-order chi connectivity index (χ0) is 10.0. The van der Waals surface area contributed by atoms with Crippen LogP contribution in [0.25, 0.3) is 0 Å². The molecule has 1 aromatic carbocycles. The molecule has 1 aliphatic carbocycles. The molecule has 1 saturated carbocycles. The summed E-state index contributed by atoms with van der Waals surface area (Å²) in [4.78, 5) is 0. The average molecular weight is 193 g/mol. The highest BCUT2D eigenvalue weighted by molar-refractivity contribution is 5.30. The van der Waals surface area contributed by atoms with Gasteiger partial charge < -0.3 is 5.73 Å². The Morgan fingerprint density at radius 1 is 1.21 bits per heavy atom. The van der Waals surface area contributed by atoms with Gasteiger partial charge in [-0.05, 0) is 36.9 Å². The minimum atomic E-state index is -0.898. The van der Waals surface area contributed by atoms with Gasteiger partial charge in [0.25, 0.3) is 0 Å². The first kappa shape index (κ1) is 9.66. The summed E-state index contributed by atoms with van der Waals surface area (Å²) in [5, 5.41) is 0. The number of nitrogens with two attached hydrogens (primary N) is 1. The van der Waals surface area contributed by atoms with E-state index in [1.807, 2.05) is 24.3 Å². The smallest absolute Gasteiger partial charge is 0.115 e. The molecule has 0 aromatic heterocycles. The summed E-state index contributed by atoms with van der Waals surface area (Å²) in [6, 6.07) is 8.03. The van der Waals surface area contributed by atoms with Gasteiger partial charge in [-0.1, -0.05) is 24.3 Å². The molecule has 2 rings (SSSR count). The number of hydrogen-bond acceptors (Lipinski definition) is 1. The second-order valence-corrected chi connectivity index (χ2v) is 4.14. The molecule has 1 aliphatic rings. The van der Waals surface area contributed by atoms with E-state index in [9.17, 15) is 4.39 Å². The highest BCUT2D eigenvalue weighted by Gasteiger charge is 2.43. The highest BCUT2D eigenvalue weighted by Crippen LogP contribution is 2.43. The lowest BCUT2D eigenvalue weighted by atomic mass is 9.99. The number of alkyl halides is 1. The molecule has 14 heavy (non-hydrogen) atoms. The quantitative estimate of drug-likeness (QED) is 0.779. The summed E-state index contributed by atoms with van der Waals surface area (Å²) in [6.45, 7) is 0.635. The van der Waals surface area contributed by atoms with Crippen LogP contribution in [-0.2, 0) is 12.8 Å². The monoisotopic (exact) mass is 193 g/mol. The Balaban J connectivity index is 2.14. The molecule has 0 aliphatic heterocycles. The van der Waals surface area contributed by atoms with E-state index in [0.717, 1.165) is 24.8 Å². The molecular weight excluding hydrogens is 177 g/mol. The number of rotatable bonds is 4. The Bertz CT molecular complexity index is 318. The fourth-order valence-corrected chi connectivity index (χ4v) is 1.78. The Morgan fingerprint density at radius 2 is 1.86 bits per heavy atom. The van der Waals surface area contributed by atoms with Gasteiger partial charge in [0.05, 0.1) is 0 Å². The van der Waals surface area contributed by atoms with Crippen molar-refractivity contribution in [2.45, 2.75) is 31.4 Å². The zero-order valence-corrected chi connectivity index (χ0v) is 8.30. The molecule has 1 aromatic rings. The van der Waals surface area contributed by atoms with E-state index in [4.69, 9.17) is 5.73 Å². The van der Waals surface area contributed by atoms with Crippen LogP contribution in [0.15, 0.2) is 24.3 Å². The largest absolute Gasteiger partial charge is 0.330 e. The van der Waals surface area contributed by atoms with Crippen LogP contribution in [0.5, 0.6) is 0 Å². The molecule has 0 atom stereocenters. The number of hydrogen-bond donors (Lipinski definition) is 1. The molecule has 76 valence electrons. The summed E-state index contributed by atoms with van der Waals surface area (Å²) < 4.78 is 13.6. The third-order valence-corrected chi connectivity index (χ3v) is 2.83. The first-order valence-corrected chi connectivity index (χ1v) is 5.19. The molecule has 0 spiro atoms. The normalized spacial score (nSPS) is 18.1. The molecule has 0 amide bonds. The van der Waals surface area contributed by atoms with Crippen molar-refractivity contribution in [1.29, 1.82) is 0 Å². The predicted molar refractivity (Wildman–Crippen MR) is 56.0 cm³/mol. The maximum absolute atomic E-state index is 13.6. The van der Waals surface area contributed by atoms with Crippen LogP contribution in [0.3, 0.4) is 0 Å². The van der Waals surface area contributed by atoms with Gasteiger partial charge in [-0.3, -0.25) is 0 Å². The number of benzene rings is 1. The van der Waals surface area contributed by atoms with Crippen LogP contribution in [0, 0.1) is 0 Å². The summed E-state index contributed by atoms with van der Waals surface area (Å²) in [5.41, 5.74) is 6.96. The van der Waals surface area contributed by atoms with Crippen molar-refractivity contribution in [2.24, 2.45) is 5.73 Å². The van der Waals surface area contributed by atoms with Crippen molar-refractivity contribution in [3.63, 3.8) is 0 Å². The van der Waals surface area contributed by atoms with Gasteiger partial charge in [-0.15, -0.1) is 0 Å². The second kappa shape index (κ2) is 3.70. The minimum absolute atomic E-state index is 0.573. The molecular formula is C12H16FN. The molecule has 0 unspecified atom stereocenters. The Labute approximate surface area is 84.1 Å². The van der Waals surface area contributed by atoms with E-state index in [1.165, 1.54) is 5.56 Å². The van der Waals surface area contributed by atoms with Gasteiger partial charge in [-0.25, -0.2) is 4.39 Å². The molecule has 0 heterocycles. The summed E-state index contributed by atoms with van der Waals surface area (Å²) in [5.74, 6) is 0. The maximum Gasteiger partial charge on any atom is 0.115 e. The van der Waals surface area contributed by atoms with E-state index in [0.29, 0.717) is 13.0 Å². The topological polar surface area (TPSA) is 26.0 Å². The molecule has 0 radical (unpaired) electrons. The van der Waals surface area contributed by atoms with E-state index in [2.05, 4.69) is 0 Å². The Kier molecular flexibility index (Phi) is 2.55.